The quantitative estimate of drug-likeness (QED) is 0.0598. The second-order valence-electron chi connectivity index (χ2n) is 18.5. The van der Waals surface area contributed by atoms with Gasteiger partial charge in [-0.15, -0.1) is 0 Å². The summed E-state index contributed by atoms with van der Waals surface area (Å²) in [6.45, 7) is 9.45. The minimum atomic E-state index is 0.148. The van der Waals surface area contributed by atoms with Gasteiger partial charge in [-0.3, -0.25) is 14.5 Å². The van der Waals surface area contributed by atoms with Gasteiger partial charge in [0.05, 0.1) is 6.07 Å². The predicted octanol–water partition coefficient (Wildman–Crippen LogP) is 15.9. The molecule has 348 valence electrons. The van der Waals surface area contributed by atoms with E-state index < -0.39 is 0 Å². The molecule has 0 aliphatic rings. The molecule has 6 nitrogen and oxygen atoms in total. The Labute approximate surface area is 369 Å². The lowest BCUT2D eigenvalue weighted by molar-refractivity contribution is -0.121. The highest BCUT2D eigenvalue weighted by molar-refractivity contribution is 5.76. The third-order valence-corrected chi connectivity index (χ3v) is 12.8. The van der Waals surface area contributed by atoms with Crippen molar-refractivity contribution in [3.8, 4) is 6.07 Å². The Balaban J connectivity index is 3.75. The smallest absolute Gasteiger partial charge is 0.220 e. The monoisotopic (exact) mass is 829 g/mol. The summed E-state index contributed by atoms with van der Waals surface area (Å²) in [5.74, 6) is 0.295. The van der Waals surface area contributed by atoms with Gasteiger partial charge >= 0.3 is 0 Å². The zero-order chi connectivity index (χ0) is 43.0. The Hall–Kier alpha value is -1.61. The third kappa shape index (κ3) is 45.7. The minimum absolute atomic E-state index is 0.148. The van der Waals surface area contributed by atoms with Crippen molar-refractivity contribution in [2.45, 2.75) is 296 Å². The van der Waals surface area contributed by atoms with Crippen LogP contribution in [0.1, 0.15) is 290 Å². The highest BCUT2D eigenvalue weighted by Gasteiger charge is 2.14. The van der Waals surface area contributed by atoms with Crippen LogP contribution in [0.4, 0.5) is 0 Å². The van der Waals surface area contributed by atoms with E-state index in [0.29, 0.717) is 32.4 Å². The SMILES string of the molecule is CCCCCCCCCCCCCCCCCCCCCC(=O)NCCN(CCNC(=O)CCCCCCCCCCCCCCCCCCCCC)C(C)CCC#N. The predicted molar refractivity (Wildman–Crippen MR) is 258 cm³/mol. The largest absolute Gasteiger partial charge is 0.355 e. The van der Waals surface area contributed by atoms with Crippen molar-refractivity contribution >= 4 is 11.8 Å². The zero-order valence-corrected chi connectivity index (χ0v) is 40.3. The number of hydrogen-bond acceptors (Lipinski definition) is 4. The topological polar surface area (TPSA) is 85.2 Å². The van der Waals surface area contributed by atoms with E-state index in [1.54, 1.807) is 0 Å². The van der Waals surface area contributed by atoms with Crippen LogP contribution in [0.3, 0.4) is 0 Å². The Kier molecular flexibility index (Phi) is 47.7. The Morgan fingerprint density at radius 3 is 0.898 bits per heavy atom. The Bertz CT molecular complexity index is 844. The van der Waals surface area contributed by atoms with Crippen LogP contribution in [0, 0.1) is 11.3 Å². The van der Waals surface area contributed by atoms with Gasteiger partial charge in [-0.25, -0.2) is 0 Å². The molecule has 2 amide bonds. The second-order valence-corrected chi connectivity index (χ2v) is 18.5. The van der Waals surface area contributed by atoms with Gasteiger partial charge in [0.2, 0.25) is 11.8 Å². The molecular formula is C53H104N4O2. The molecule has 0 rings (SSSR count). The van der Waals surface area contributed by atoms with Crippen molar-refractivity contribution in [1.29, 1.82) is 5.26 Å². The van der Waals surface area contributed by atoms with E-state index in [4.69, 9.17) is 5.26 Å². The number of nitrogens with zero attached hydrogens (tertiary/aromatic N) is 2. The number of carbonyl (C=O) groups excluding carboxylic acids is 2. The normalized spacial score (nSPS) is 11.9. The molecule has 0 aliphatic carbocycles. The van der Waals surface area contributed by atoms with E-state index >= 15 is 0 Å². The van der Waals surface area contributed by atoms with Crippen molar-refractivity contribution in [3.63, 3.8) is 0 Å². The molecular weight excluding hydrogens is 725 g/mol. The molecule has 0 spiro atoms. The van der Waals surface area contributed by atoms with Crippen LogP contribution < -0.4 is 10.6 Å². The fourth-order valence-electron chi connectivity index (χ4n) is 8.59. The van der Waals surface area contributed by atoms with Crippen LogP contribution in [0.25, 0.3) is 0 Å². The van der Waals surface area contributed by atoms with Crippen LogP contribution in [-0.2, 0) is 9.59 Å². The summed E-state index contributed by atoms with van der Waals surface area (Å²) in [5, 5.41) is 15.4. The minimum Gasteiger partial charge on any atom is -0.355 e. The number of rotatable bonds is 49. The van der Waals surface area contributed by atoms with E-state index in [1.807, 2.05) is 0 Å². The van der Waals surface area contributed by atoms with Crippen LogP contribution in [0.5, 0.6) is 0 Å². The summed E-state index contributed by atoms with van der Waals surface area (Å²) in [7, 11) is 0. The fraction of sp³-hybridized carbons (Fsp3) is 0.943. The maximum absolute atomic E-state index is 12.5. The van der Waals surface area contributed by atoms with Crippen molar-refractivity contribution < 1.29 is 9.59 Å². The molecule has 59 heavy (non-hydrogen) atoms. The first-order chi connectivity index (χ1) is 29.0. The molecule has 0 heterocycles. The lowest BCUT2D eigenvalue weighted by Crippen LogP contribution is -2.43. The summed E-state index contributed by atoms with van der Waals surface area (Å²) >= 11 is 0. The molecule has 0 aromatic rings. The molecule has 0 bridgehead atoms. The maximum Gasteiger partial charge on any atom is 0.220 e. The first-order valence-electron chi connectivity index (χ1n) is 26.7. The van der Waals surface area contributed by atoms with Gasteiger partial charge in [0.25, 0.3) is 0 Å². The molecule has 0 fully saturated rings. The van der Waals surface area contributed by atoms with Gasteiger partial charge in [0.15, 0.2) is 0 Å². The standard InChI is InChI=1S/C53H104N4O2/c1-4-6-8-10-12-14-16-18-20-22-24-26-28-30-32-34-36-38-40-44-52(58)55-47-49-57(51(3)43-42-46-54)50-48-56-53(59)45-41-39-37-35-33-31-29-27-25-23-21-19-17-15-13-11-9-7-5-2/h51H,4-45,47-50H2,1-3H3,(H,55,58)(H,56,59). The lowest BCUT2D eigenvalue weighted by Gasteiger charge is -2.29. The molecule has 1 atom stereocenters. The van der Waals surface area contributed by atoms with E-state index in [1.165, 1.54) is 218 Å². The van der Waals surface area contributed by atoms with Gasteiger partial charge in [-0.05, 0) is 26.2 Å². The summed E-state index contributed by atoms with van der Waals surface area (Å²) < 4.78 is 0. The molecule has 0 aromatic carbocycles. The van der Waals surface area contributed by atoms with E-state index in [0.717, 1.165) is 45.2 Å². The summed E-state index contributed by atoms with van der Waals surface area (Å²) in [5.41, 5.74) is 0. The highest BCUT2D eigenvalue weighted by atomic mass is 16.2. The summed E-state index contributed by atoms with van der Waals surface area (Å²) in [4.78, 5) is 27.4. The lowest BCUT2D eigenvalue weighted by atomic mass is 10.0. The maximum atomic E-state index is 12.5. The number of nitriles is 1. The van der Waals surface area contributed by atoms with Crippen LogP contribution in [0.15, 0.2) is 0 Å². The van der Waals surface area contributed by atoms with Crippen molar-refractivity contribution in [2.24, 2.45) is 0 Å². The Morgan fingerprint density at radius 2 is 0.661 bits per heavy atom. The summed E-state index contributed by atoms with van der Waals surface area (Å²) in [6.07, 6.45) is 54.2. The highest BCUT2D eigenvalue weighted by Crippen LogP contribution is 2.17. The van der Waals surface area contributed by atoms with Crippen molar-refractivity contribution in [1.82, 2.24) is 15.5 Å². The van der Waals surface area contributed by atoms with E-state index in [2.05, 4.69) is 42.4 Å². The number of nitrogens with one attached hydrogen (secondary N) is 2. The summed E-state index contributed by atoms with van der Waals surface area (Å²) in [6, 6.07) is 2.51. The average molecular weight is 829 g/mol. The van der Waals surface area contributed by atoms with E-state index in [-0.39, 0.29) is 17.9 Å². The molecule has 6 heteroatoms. The molecule has 0 aromatic heterocycles. The number of amides is 2. The second kappa shape index (κ2) is 49.0. The molecule has 1 unspecified atom stereocenters. The molecule has 0 saturated heterocycles. The Morgan fingerprint density at radius 1 is 0.424 bits per heavy atom. The molecule has 2 N–H and O–H groups in total. The van der Waals surface area contributed by atoms with Gasteiger partial charge in [-0.1, -0.05) is 245 Å². The zero-order valence-electron chi connectivity index (χ0n) is 40.3. The number of carbonyl (C=O) groups is 2. The molecule has 0 aliphatic heterocycles. The van der Waals surface area contributed by atoms with Crippen molar-refractivity contribution in [2.75, 3.05) is 26.2 Å². The van der Waals surface area contributed by atoms with Crippen LogP contribution >= 0.6 is 0 Å². The van der Waals surface area contributed by atoms with E-state index in [9.17, 15) is 9.59 Å². The molecule has 0 saturated carbocycles. The van der Waals surface area contributed by atoms with Gasteiger partial charge < -0.3 is 10.6 Å². The molecule has 0 radical (unpaired) electrons. The third-order valence-electron chi connectivity index (χ3n) is 12.8. The first-order valence-corrected chi connectivity index (χ1v) is 26.7. The first kappa shape index (κ1) is 57.4. The van der Waals surface area contributed by atoms with Gasteiger partial charge in [0.1, 0.15) is 0 Å². The number of hydrogen-bond donors (Lipinski definition) is 2. The van der Waals surface area contributed by atoms with Gasteiger partial charge in [0, 0.05) is 51.5 Å². The fourth-order valence-corrected chi connectivity index (χ4v) is 8.59. The number of unbranched alkanes of at least 4 members (excludes halogenated alkanes) is 36. The van der Waals surface area contributed by atoms with Gasteiger partial charge in [-0.2, -0.15) is 5.26 Å². The van der Waals surface area contributed by atoms with Crippen molar-refractivity contribution in [3.05, 3.63) is 0 Å². The average Bonchev–Trinajstić information content (AvgIpc) is 3.23. The van der Waals surface area contributed by atoms with Crippen LogP contribution in [-0.4, -0.2) is 48.9 Å². The van der Waals surface area contributed by atoms with Crippen LogP contribution in [0.2, 0.25) is 0 Å².